The highest BCUT2D eigenvalue weighted by Crippen LogP contribution is 2.31. The second-order valence-electron chi connectivity index (χ2n) is 10.8. The quantitative estimate of drug-likeness (QED) is 0.503. The van der Waals surface area contributed by atoms with Crippen LogP contribution in [0.25, 0.3) is 10.9 Å². The van der Waals surface area contributed by atoms with Crippen molar-refractivity contribution in [3.05, 3.63) is 35.5 Å². The summed E-state index contributed by atoms with van der Waals surface area (Å²) in [6.07, 6.45) is -0.168. The van der Waals surface area contributed by atoms with E-state index in [1.54, 1.807) is 4.90 Å². The molecule has 0 bridgehead atoms. The maximum atomic E-state index is 13.6. The summed E-state index contributed by atoms with van der Waals surface area (Å²) in [6, 6.07) is 6.29. The Balaban J connectivity index is 1.35. The molecule has 0 N–H and O–H groups in total. The van der Waals surface area contributed by atoms with Crippen molar-refractivity contribution < 1.29 is 31.5 Å². The van der Waals surface area contributed by atoms with Gasteiger partial charge in [0.05, 0.1) is 0 Å². The van der Waals surface area contributed by atoms with E-state index in [1.807, 2.05) is 0 Å². The highest BCUT2D eigenvalue weighted by atomic mass is 19.4. The Morgan fingerprint density at radius 1 is 0.842 bits per heavy atom. The Kier molecular flexibility index (Phi) is 7.41. The third-order valence-corrected chi connectivity index (χ3v) is 8.15. The zero-order valence-corrected chi connectivity index (χ0v) is 21.3. The maximum absolute atomic E-state index is 13.6. The van der Waals surface area contributed by atoms with Crippen LogP contribution in [0.5, 0.6) is 0 Å². The van der Waals surface area contributed by atoms with Gasteiger partial charge in [0, 0.05) is 61.5 Å². The maximum Gasteiger partial charge on any atom is 0.406 e. The molecule has 5 rings (SSSR count). The number of halogens is 5. The number of carbonyl (C=O) groups is 2. The van der Waals surface area contributed by atoms with E-state index in [2.05, 4.69) is 4.90 Å². The predicted octanol–water partition coefficient (Wildman–Crippen LogP) is 5.17. The van der Waals surface area contributed by atoms with Gasteiger partial charge in [-0.15, -0.1) is 0 Å². The number of hydrogen-bond donors (Lipinski definition) is 0. The molecule has 0 aliphatic carbocycles. The minimum Gasteiger partial charge on any atom is -0.339 e. The van der Waals surface area contributed by atoms with Crippen molar-refractivity contribution in [1.29, 1.82) is 0 Å². The lowest BCUT2D eigenvalue weighted by Crippen LogP contribution is -2.48. The lowest BCUT2D eigenvalue weighted by molar-refractivity contribution is -0.140. The van der Waals surface area contributed by atoms with Crippen molar-refractivity contribution in [2.75, 3.05) is 39.3 Å². The Morgan fingerprint density at radius 2 is 1.47 bits per heavy atom. The number of rotatable bonds is 4. The van der Waals surface area contributed by atoms with Gasteiger partial charge >= 0.3 is 6.18 Å². The standard InChI is InChI=1S/C27H33F5N4O2/c28-26(29)8-14-35(15-9-26)25(38)23-17-20-16-19(4-5-22(20)36(23)18-27(30,31)32)24(37)34-12-6-21(7-13-34)33-10-2-1-3-11-33/h4-5,16-17,21H,1-3,6-15,18H2. The Morgan fingerprint density at radius 3 is 2.11 bits per heavy atom. The van der Waals surface area contributed by atoms with Gasteiger partial charge in [-0.05, 0) is 63.0 Å². The number of amides is 2. The molecule has 0 radical (unpaired) electrons. The number of hydrogen-bond acceptors (Lipinski definition) is 3. The summed E-state index contributed by atoms with van der Waals surface area (Å²) in [7, 11) is 0. The fraction of sp³-hybridized carbons (Fsp3) is 0.630. The van der Waals surface area contributed by atoms with E-state index in [-0.39, 0.29) is 30.2 Å². The molecular formula is C27H33F5N4O2. The van der Waals surface area contributed by atoms with Crippen LogP contribution >= 0.6 is 0 Å². The van der Waals surface area contributed by atoms with Gasteiger partial charge in [-0.25, -0.2) is 8.78 Å². The molecule has 3 aliphatic heterocycles. The molecule has 6 nitrogen and oxygen atoms in total. The Bertz CT molecular complexity index is 1170. The molecule has 0 atom stereocenters. The third-order valence-electron chi connectivity index (χ3n) is 8.15. The molecule has 0 unspecified atom stereocenters. The highest BCUT2D eigenvalue weighted by molar-refractivity contribution is 6.02. The molecule has 208 valence electrons. The molecule has 11 heteroatoms. The first-order chi connectivity index (χ1) is 18.0. The van der Waals surface area contributed by atoms with Gasteiger partial charge in [0.2, 0.25) is 0 Å². The number of nitrogens with zero attached hydrogens (tertiary/aromatic N) is 4. The fourth-order valence-corrected chi connectivity index (χ4v) is 6.03. The second kappa shape index (κ2) is 10.5. The minimum atomic E-state index is -4.59. The van der Waals surface area contributed by atoms with Crippen LogP contribution < -0.4 is 0 Å². The topological polar surface area (TPSA) is 48.8 Å². The van der Waals surface area contributed by atoms with Gasteiger partial charge in [-0.1, -0.05) is 6.42 Å². The van der Waals surface area contributed by atoms with Crippen LogP contribution in [-0.4, -0.2) is 88.5 Å². The van der Waals surface area contributed by atoms with E-state index >= 15 is 0 Å². The Labute approximate surface area is 218 Å². The first-order valence-electron chi connectivity index (χ1n) is 13.4. The first-order valence-corrected chi connectivity index (χ1v) is 13.4. The summed E-state index contributed by atoms with van der Waals surface area (Å²) in [6.45, 7) is 1.61. The van der Waals surface area contributed by atoms with Crippen LogP contribution in [0.15, 0.2) is 24.3 Å². The molecular weight excluding hydrogens is 507 g/mol. The second-order valence-corrected chi connectivity index (χ2v) is 10.8. The van der Waals surface area contributed by atoms with Gasteiger partial charge in [-0.2, -0.15) is 13.2 Å². The smallest absolute Gasteiger partial charge is 0.339 e. The fourth-order valence-electron chi connectivity index (χ4n) is 6.03. The SMILES string of the molecule is O=C(c1ccc2c(c1)cc(C(=O)N1CCC(F)(F)CC1)n2CC(F)(F)F)N1CCC(N2CCCCC2)CC1. The monoisotopic (exact) mass is 540 g/mol. The van der Waals surface area contributed by atoms with E-state index in [9.17, 15) is 31.5 Å². The summed E-state index contributed by atoms with van der Waals surface area (Å²) >= 11 is 0. The van der Waals surface area contributed by atoms with Crippen LogP contribution in [-0.2, 0) is 6.54 Å². The van der Waals surface area contributed by atoms with Crippen LogP contribution in [0, 0.1) is 0 Å². The number of alkyl halides is 5. The van der Waals surface area contributed by atoms with Crippen LogP contribution in [0.2, 0.25) is 0 Å². The molecule has 3 saturated heterocycles. The number of fused-ring (bicyclic) bond motifs is 1. The number of carbonyl (C=O) groups excluding carboxylic acids is 2. The molecule has 4 heterocycles. The molecule has 1 aromatic carbocycles. The first kappa shape index (κ1) is 26.9. The summed E-state index contributed by atoms with van der Waals surface area (Å²) in [4.78, 5) is 31.9. The lowest BCUT2D eigenvalue weighted by Gasteiger charge is -2.40. The van der Waals surface area contributed by atoms with Gasteiger partial charge in [-0.3, -0.25) is 9.59 Å². The van der Waals surface area contributed by atoms with E-state index < -0.39 is 37.4 Å². The summed E-state index contributed by atoms with van der Waals surface area (Å²) in [5, 5.41) is 0.342. The Hall–Kier alpha value is -2.69. The predicted molar refractivity (Wildman–Crippen MR) is 132 cm³/mol. The van der Waals surface area contributed by atoms with Crippen LogP contribution in [0.4, 0.5) is 22.0 Å². The van der Waals surface area contributed by atoms with Crippen molar-refractivity contribution in [3.8, 4) is 0 Å². The van der Waals surface area contributed by atoms with E-state index in [0.717, 1.165) is 30.5 Å². The number of benzene rings is 1. The van der Waals surface area contributed by atoms with Crippen molar-refractivity contribution in [2.24, 2.45) is 0 Å². The summed E-state index contributed by atoms with van der Waals surface area (Å²) in [5.74, 6) is -3.78. The lowest BCUT2D eigenvalue weighted by atomic mass is 9.99. The van der Waals surface area contributed by atoms with Crippen molar-refractivity contribution in [1.82, 2.24) is 19.3 Å². The van der Waals surface area contributed by atoms with E-state index in [1.165, 1.54) is 48.4 Å². The molecule has 3 fully saturated rings. The van der Waals surface area contributed by atoms with Crippen molar-refractivity contribution >= 4 is 22.7 Å². The van der Waals surface area contributed by atoms with E-state index in [0.29, 0.717) is 30.1 Å². The van der Waals surface area contributed by atoms with Gasteiger partial charge in [0.1, 0.15) is 12.2 Å². The van der Waals surface area contributed by atoms with Crippen molar-refractivity contribution in [3.63, 3.8) is 0 Å². The molecule has 2 amide bonds. The largest absolute Gasteiger partial charge is 0.406 e. The average molecular weight is 541 g/mol. The number of piperidine rings is 3. The average Bonchev–Trinajstić information content (AvgIpc) is 3.24. The van der Waals surface area contributed by atoms with Crippen molar-refractivity contribution in [2.45, 2.75) is 69.6 Å². The van der Waals surface area contributed by atoms with Gasteiger partial charge in [0.15, 0.2) is 0 Å². The molecule has 0 saturated carbocycles. The molecule has 2 aromatic rings. The van der Waals surface area contributed by atoms with Crippen LogP contribution in [0.3, 0.4) is 0 Å². The molecule has 1 aromatic heterocycles. The normalized spacial score (nSPS) is 21.7. The zero-order chi connectivity index (χ0) is 27.1. The summed E-state index contributed by atoms with van der Waals surface area (Å²) in [5.41, 5.74) is 0.317. The minimum absolute atomic E-state index is 0.174. The summed E-state index contributed by atoms with van der Waals surface area (Å²) < 4.78 is 68.3. The van der Waals surface area contributed by atoms with E-state index in [4.69, 9.17) is 0 Å². The molecule has 3 aliphatic rings. The van der Waals surface area contributed by atoms with Crippen LogP contribution in [0.1, 0.15) is 65.8 Å². The van der Waals surface area contributed by atoms with Gasteiger partial charge < -0.3 is 19.3 Å². The molecule has 0 spiro atoms. The number of aromatic nitrogens is 1. The zero-order valence-electron chi connectivity index (χ0n) is 21.3. The van der Waals surface area contributed by atoms with Gasteiger partial charge in [0.25, 0.3) is 17.7 Å². The highest BCUT2D eigenvalue weighted by Gasteiger charge is 2.38. The third kappa shape index (κ3) is 5.82. The number of likely N-dealkylation sites (tertiary alicyclic amines) is 3. The molecule has 38 heavy (non-hydrogen) atoms.